The van der Waals surface area contributed by atoms with Crippen molar-refractivity contribution < 1.29 is 0 Å². The maximum atomic E-state index is 4.20. The minimum atomic E-state index is 0.715. The molecule has 0 radical (unpaired) electrons. The van der Waals surface area contributed by atoms with Crippen LogP contribution in [0, 0.1) is 5.92 Å². The van der Waals surface area contributed by atoms with Crippen molar-refractivity contribution in [1.29, 1.82) is 0 Å². The molecule has 1 aromatic heterocycles. The van der Waals surface area contributed by atoms with Crippen LogP contribution in [0.3, 0.4) is 0 Å². The first-order valence-electron chi connectivity index (χ1n) is 5.58. The number of rotatable bonds is 3. The Morgan fingerprint density at radius 3 is 2.75 bits per heavy atom. The first kappa shape index (κ1) is 9.54. The highest BCUT2D eigenvalue weighted by atomic mass is 15.3. The topological polar surface area (TPSA) is 42.7 Å². The Balaban J connectivity index is 1.87. The molecule has 0 bridgehead atoms. The van der Waals surface area contributed by atoms with E-state index in [-0.39, 0.29) is 0 Å². The molecule has 1 N–H and O–H groups in total. The third kappa shape index (κ3) is 1.72. The van der Waals surface area contributed by atoms with Gasteiger partial charge in [-0.2, -0.15) is 0 Å². The molecule has 3 rings (SSSR count). The molecule has 1 aliphatic rings. The fourth-order valence-electron chi connectivity index (χ4n) is 1.95. The summed E-state index contributed by atoms with van der Waals surface area (Å²) in [6.07, 6.45) is 2.79. The molecule has 82 valence electrons. The van der Waals surface area contributed by atoms with E-state index >= 15 is 0 Å². The second kappa shape index (κ2) is 4.06. The standard InChI is InChI=1S/C12H14N4/c1-2-4-11(5-3-1)16-9-14-15-12(16)6-10-7-13-8-10/h1-5,9-10,13H,6-8H2. The predicted molar refractivity (Wildman–Crippen MR) is 61.4 cm³/mol. The van der Waals surface area contributed by atoms with Gasteiger partial charge in [-0.25, -0.2) is 0 Å². The van der Waals surface area contributed by atoms with Crippen LogP contribution in [0.4, 0.5) is 0 Å². The van der Waals surface area contributed by atoms with Gasteiger partial charge >= 0.3 is 0 Å². The number of benzene rings is 1. The Labute approximate surface area is 94.3 Å². The molecule has 0 saturated carbocycles. The number of para-hydroxylation sites is 1. The Bertz CT molecular complexity index is 459. The van der Waals surface area contributed by atoms with E-state index in [1.807, 2.05) is 18.2 Å². The summed E-state index contributed by atoms with van der Waals surface area (Å²) in [5.41, 5.74) is 1.13. The lowest BCUT2D eigenvalue weighted by Gasteiger charge is -2.26. The van der Waals surface area contributed by atoms with Gasteiger partial charge in [0.05, 0.1) is 0 Å². The zero-order chi connectivity index (χ0) is 10.8. The molecule has 0 unspecified atom stereocenters. The largest absolute Gasteiger partial charge is 0.316 e. The molecule has 4 heteroatoms. The highest BCUT2D eigenvalue weighted by molar-refractivity contribution is 5.32. The average Bonchev–Trinajstić information content (AvgIpc) is 2.73. The summed E-state index contributed by atoms with van der Waals surface area (Å²) >= 11 is 0. The van der Waals surface area contributed by atoms with E-state index in [4.69, 9.17) is 0 Å². The normalized spacial score (nSPS) is 16.0. The molecule has 1 saturated heterocycles. The second-order valence-corrected chi connectivity index (χ2v) is 4.18. The lowest BCUT2D eigenvalue weighted by atomic mass is 9.99. The Kier molecular flexibility index (Phi) is 2.42. The fourth-order valence-corrected chi connectivity index (χ4v) is 1.95. The van der Waals surface area contributed by atoms with Crippen molar-refractivity contribution in [1.82, 2.24) is 20.1 Å². The maximum Gasteiger partial charge on any atom is 0.137 e. The molecule has 1 aliphatic heterocycles. The van der Waals surface area contributed by atoms with Crippen LogP contribution < -0.4 is 5.32 Å². The quantitative estimate of drug-likeness (QED) is 0.829. The van der Waals surface area contributed by atoms with E-state index < -0.39 is 0 Å². The maximum absolute atomic E-state index is 4.20. The number of hydrogen-bond acceptors (Lipinski definition) is 3. The van der Waals surface area contributed by atoms with Gasteiger partial charge in [0.2, 0.25) is 0 Å². The fraction of sp³-hybridized carbons (Fsp3) is 0.333. The SMILES string of the molecule is c1ccc(-n2cnnc2CC2CNC2)cc1. The number of nitrogens with one attached hydrogen (secondary N) is 1. The van der Waals surface area contributed by atoms with Crippen molar-refractivity contribution in [2.75, 3.05) is 13.1 Å². The van der Waals surface area contributed by atoms with Crippen molar-refractivity contribution in [3.8, 4) is 5.69 Å². The van der Waals surface area contributed by atoms with Crippen molar-refractivity contribution in [2.24, 2.45) is 5.92 Å². The molecule has 2 heterocycles. The highest BCUT2D eigenvalue weighted by Gasteiger charge is 2.20. The molecular formula is C12H14N4. The van der Waals surface area contributed by atoms with Crippen molar-refractivity contribution in [2.45, 2.75) is 6.42 Å². The first-order chi connectivity index (χ1) is 7.93. The van der Waals surface area contributed by atoms with Gasteiger partial charge in [-0.05, 0) is 31.1 Å². The summed E-state index contributed by atoms with van der Waals surface area (Å²) in [6, 6.07) is 10.2. The van der Waals surface area contributed by atoms with Gasteiger partial charge in [0, 0.05) is 12.1 Å². The van der Waals surface area contributed by atoms with E-state index in [1.165, 1.54) is 0 Å². The van der Waals surface area contributed by atoms with Crippen LogP contribution in [-0.4, -0.2) is 27.9 Å². The van der Waals surface area contributed by atoms with Crippen LogP contribution in [0.15, 0.2) is 36.7 Å². The molecule has 1 aromatic carbocycles. The highest BCUT2D eigenvalue weighted by Crippen LogP contribution is 2.14. The molecule has 2 aromatic rings. The van der Waals surface area contributed by atoms with Crippen LogP contribution in [0.5, 0.6) is 0 Å². The monoisotopic (exact) mass is 214 g/mol. The van der Waals surface area contributed by atoms with Crippen molar-refractivity contribution >= 4 is 0 Å². The van der Waals surface area contributed by atoms with Gasteiger partial charge in [0.25, 0.3) is 0 Å². The second-order valence-electron chi connectivity index (χ2n) is 4.18. The minimum Gasteiger partial charge on any atom is -0.316 e. The number of nitrogens with zero attached hydrogens (tertiary/aromatic N) is 3. The third-order valence-electron chi connectivity index (χ3n) is 2.99. The lowest BCUT2D eigenvalue weighted by Crippen LogP contribution is -2.43. The van der Waals surface area contributed by atoms with Crippen LogP contribution in [0.1, 0.15) is 5.82 Å². The van der Waals surface area contributed by atoms with Gasteiger partial charge in [-0.1, -0.05) is 18.2 Å². The van der Waals surface area contributed by atoms with E-state index in [0.29, 0.717) is 5.92 Å². The Hall–Kier alpha value is -1.68. The number of aromatic nitrogens is 3. The minimum absolute atomic E-state index is 0.715. The summed E-state index contributed by atoms with van der Waals surface area (Å²) in [6.45, 7) is 2.20. The van der Waals surface area contributed by atoms with Gasteiger partial charge < -0.3 is 5.32 Å². The summed E-state index contributed by atoms with van der Waals surface area (Å²) in [4.78, 5) is 0. The van der Waals surface area contributed by atoms with Crippen molar-refractivity contribution in [3.63, 3.8) is 0 Å². The van der Waals surface area contributed by atoms with E-state index in [1.54, 1.807) is 6.33 Å². The van der Waals surface area contributed by atoms with Gasteiger partial charge in [-0.3, -0.25) is 4.57 Å². The van der Waals surface area contributed by atoms with E-state index in [0.717, 1.165) is 31.0 Å². The average molecular weight is 214 g/mol. The molecule has 0 aliphatic carbocycles. The van der Waals surface area contributed by atoms with E-state index in [9.17, 15) is 0 Å². The summed E-state index contributed by atoms with van der Waals surface area (Å²) in [7, 11) is 0. The van der Waals surface area contributed by atoms with Crippen LogP contribution in [0.25, 0.3) is 5.69 Å². The smallest absolute Gasteiger partial charge is 0.137 e. The zero-order valence-corrected chi connectivity index (χ0v) is 9.00. The molecule has 1 fully saturated rings. The number of hydrogen-bond donors (Lipinski definition) is 1. The first-order valence-corrected chi connectivity index (χ1v) is 5.58. The van der Waals surface area contributed by atoms with Crippen molar-refractivity contribution in [3.05, 3.63) is 42.5 Å². The Morgan fingerprint density at radius 1 is 1.25 bits per heavy atom. The van der Waals surface area contributed by atoms with Gasteiger partial charge in [0.15, 0.2) is 0 Å². The molecule has 0 atom stereocenters. The van der Waals surface area contributed by atoms with Crippen LogP contribution in [0.2, 0.25) is 0 Å². The Morgan fingerprint density at radius 2 is 2.06 bits per heavy atom. The summed E-state index contributed by atoms with van der Waals surface area (Å²) < 4.78 is 2.07. The molecule has 4 nitrogen and oxygen atoms in total. The lowest BCUT2D eigenvalue weighted by molar-refractivity contribution is 0.339. The zero-order valence-electron chi connectivity index (χ0n) is 9.00. The van der Waals surface area contributed by atoms with Gasteiger partial charge in [-0.15, -0.1) is 10.2 Å². The summed E-state index contributed by atoms with van der Waals surface area (Å²) in [5.74, 6) is 1.77. The van der Waals surface area contributed by atoms with Crippen LogP contribution in [-0.2, 0) is 6.42 Å². The third-order valence-corrected chi connectivity index (χ3v) is 2.99. The molecule has 0 spiro atoms. The molecule has 16 heavy (non-hydrogen) atoms. The van der Waals surface area contributed by atoms with Gasteiger partial charge in [0.1, 0.15) is 12.2 Å². The van der Waals surface area contributed by atoms with Crippen LogP contribution >= 0.6 is 0 Å². The molecule has 0 amide bonds. The van der Waals surface area contributed by atoms with E-state index in [2.05, 4.69) is 32.2 Å². The molecular weight excluding hydrogens is 200 g/mol. The predicted octanol–water partition coefficient (Wildman–Crippen LogP) is 1.03. The summed E-state index contributed by atoms with van der Waals surface area (Å²) in [5, 5.41) is 11.5.